The first-order valence-corrected chi connectivity index (χ1v) is 9.93. The number of carbonyl (C=O) groups is 2. The van der Waals surface area contributed by atoms with Crippen LogP contribution >= 0.6 is 12.4 Å². The van der Waals surface area contributed by atoms with Crippen molar-refractivity contribution >= 4 is 29.9 Å². The lowest BCUT2D eigenvalue weighted by atomic mass is 10.1. The van der Waals surface area contributed by atoms with E-state index in [9.17, 15) is 9.59 Å². The number of ether oxygens (including phenoxy) is 2. The van der Waals surface area contributed by atoms with Crippen molar-refractivity contribution in [3.8, 4) is 11.5 Å². The van der Waals surface area contributed by atoms with E-state index in [-0.39, 0.29) is 42.6 Å². The molecule has 0 aliphatic carbocycles. The number of hydrogen-bond donors (Lipinski definition) is 1. The molecule has 0 saturated carbocycles. The van der Waals surface area contributed by atoms with Crippen LogP contribution in [-0.4, -0.2) is 61.6 Å². The quantitative estimate of drug-likeness (QED) is 0.806. The van der Waals surface area contributed by atoms with Crippen molar-refractivity contribution in [2.24, 2.45) is 5.92 Å². The van der Waals surface area contributed by atoms with Crippen LogP contribution in [0.3, 0.4) is 0 Å². The molecular weight excluding hydrogens is 382 g/mol. The number of amides is 2. The molecule has 1 aromatic carbocycles. The van der Waals surface area contributed by atoms with Crippen LogP contribution in [0.5, 0.6) is 11.5 Å². The van der Waals surface area contributed by atoms with Gasteiger partial charge in [0.05, 0.1) is 5.92 Å². The number of fused-ring (bicyclic) bond motifs is 3. The molecule has 28 heavy (non-hydrogen) atoms. The molecule has 7 nitrogen and oxygen atoms in total. The summed E-state index contributed by atoms with van der Waals surface area (Å²) < 4.78 is 11.2. The Hall–Kier alpha value is -1.99. The van der Waals surface area contributed by atoms with Crippen molar-refractivity contribution < 1.29 is 19.1 Å². The van der Waals surface area contributed by atoms with E-state index in [4.69, 9.17) is 9.47 Å². The van der Waals surface area contributed by atoms with Crippen molar-refractivity contribution in [3.05, 3.63) is 18.2 Å². The van der Waals surface area contributed by atoms with Crippen molar-refractivity contribution in [3.63, 3.8) is 0 Å². The average Bonchev–Trinajstić information content (AvgIpc) is 3.19. The Morgan fingerprint density at radius 2 is 1.86 bits per heavy atom. The van der Waals surface area contributed by atoms with Crippen molar-refractivity contribution in [1.29, 1.82) is 0 Å². The predicted molar refractivity (Wildman–Crippen MR) is 106 cm³/mol. The first-order valence-electron chi connectivity index (χ1n) is 9.93. The van der Waals surface area contributed by atoms with E-state index < -0.39 is 0 Å². The predicted octanol–water partition coefficient (Wildman–Crippen LogP) is 1.59. The highest BCUT2D eigenvalue weighted by Gasteiger charge is 2.44. The van der Waals surface area contributed by atoms with E-state index in [1.807, 2.05) is 18.2 Å². The summed E-state index contributed by atoms with van der Waals surface area (Å²) in [6, 6.07) is 6.17. The summed E-state index contributed by atoms with van der Waals surface area (Å²) in [6.45, 7) is 3.34. The number of carbonyl (C=O) groups excluding carboxylic acids is 2. The van der Waals surface area contributed by atoms with Crippen molar-refractivity contribution in [2.75, 3.05) is 37.7 Å². The summed E-state index contributed by atoms with van der Waals surface area (Å²) in [7, 11) is 0. The monoisotopic (exact) mass is 407 g/mol. The van der Waals surface area contributed by atoms with E-state index >= 15 is 0 Å². The lowest BCUT2D eigenvalue weighted by Crippen LogP contribution is -2.46. The largest absolute Gasteiger partial charge is 0.486 e. The molecule has 1 aromatic rings. The van der Waals surface area contributed by atoms with Gasteiger partial charge in [-0.3, -0.25) is 9.59 Å². The molecule has 1 N–H and O–H groups in total. The fraction of sp³-hybridized carbons (Fsp3) is 0.600. The van der Waals surface area contributed by atoms with Crippen molar-refractivity contribution in [1.82, 2.24) is 10.2 Å². The maximum Gasteiger partial charge on any atom is 0.228 e. The number of halogens is 1. The Balaban J connectivity index is 0.00000192. The minimum absolute atomic E-state index is 0. The molecule has 0 spiro atoms. The van der Waals surface area contributed by atoms with Gasteiger partial charge in [0.2, 0.25) is 11.8 Å². The normalized spacial score (nSPS) is 28.7. The zero-order valence-corrected chi connectivity index (χ0v) is 16.6. The number of benzene rings is 1. The Labute approximate surface area is 170 Å². The minimum Gasteiger partial charge on any atom is -0.486 e. The summed E-state index contributed by atoms with van der Waals surface area (Å²) in [6.07, 6.45) is 3.45. The zero-order valence-electron chi connectivity index (χ0n) is 15.8. The molecule has 2 bridgehead atoms. The van der Waals surface area contributed by atoms with Gasteiger partial charge in [-0.05, 0) is 37.9 Å². The summed E-state index contributed by atoms with van der Waals surface area (Å²) in [5, 5.41) is 3.43. The van der Waals surface area contributed by atoms with Crippen LogP contribution in [0.2, 0.25) is 0 Å². The number of hydrogen-bond acceptors (Lipinski definition) is 5. The van der Waals surface area contributed by atoms with Gasteiger partial charge >= 0.3 is 0 Å². The zero-order chi connectivity index (χ0) is 18.4. The highest BCUT2D eigenvalue weighted by molar-refractivity contribution is 6.00. The molecule has 3 unspecified atom stereocenters. The Bertz CT molecular complexity index is 760. The molecule has 8 heteroatoms. The van der Waals surface area contributed by atoms with Crippen LogP contribution in [0.15, 0.2) is 18.2 Å². The Kier molecular flexibility index (Phi) is 5.38. The van der Waals surface area contributed by atoms with Gasteiger partial charge < -0.3 is 24.6 Å². The average molecular weight is 408 g/mol. The fourth-order valence-electron chi connectivity index (χ4n) is 4.88. The topological polar surface area (TPSA) is 71.1 Å². The summed E-state index contributed by atoms with van der Waals surface area (Å²) >= 11 is 0. The summed E-state index contributed by atoms with van der Waals surface area (Å²) in [5.41, 5.74) is 0.778. The molecular formula is C20H26ClN3O4. The minimum atomic E-state index is -0.257. The second kappa shape index (κ2) is 7.79. The first-order chi connectivity index (χ1) is 13.2. The first kappa shape index (κ1) is 19.3. The van der Waals surface area contributed by atoms with Crippen LogP contribution in [-0.2, 0) is 9.59 Å². The van der Waals surface area contributed by atoms with Gasteiger partial charge in [-0.25, -0.2) is 0 Å². The van der Waals surface area contributed by atoms with E-state index in [1.54, 1.807) is 4.90 Å². The third-order valence-electron chi connectivity index (χ3n) is 6.22. The van der Waals surface area contributed by atoms with Gasteiger partial charge in [-0.15, -0.1) is 12.4 Å². The lowest BCUT2D eigenvalue weighted by molar-refractivity contribution is -0.138. The molecule has 4 aliphatic heterocycles. The maximum absolute atomic E-state index is 13.2. The fourth-order valence-corrected chi connectivity index (χ4v) is 4.88. The molecule has 152 valence electrons. The smallest absolute Gasteiger partial charge is 0.228 e. The summed E-state index contributed by atoms with van der Waals surface area (Å²) in [4.78, 5) is 29.7. The molecule has 3 fully saturated rings. The molecule has 3 saturated heterocycles. The molecule has 5 rings (SSSR count). The lowest BCUT2D eigenvalue weighted by Gasteiger charge is -2.30. The number of rotatable bonds is 2. The number of anilines is 1. The van der Waals surface area contributed by atoms with Gasteiger partial charge in [0.1, 0.15) is 13.2 Å². The van der Waals surface area contributed by atoms with E-state index in [0.29, 0.717) is 37.3 Å². The van der Waals surface area contributed by atoms with Crippen LogP contribution in [0.4, 0.5) is 5.69 Å². The standard InChI is InChI=1S/C20H25N3O4.ClH/c24-19-9-13(20(25)23-14-1-2-16(23)11-21-6-5-14)12-22(19)15-3-4-17-18(10-15)27-8-7-26-17;/h3-4,10,13-14,16,21H,1-2,5-9,11-12H2;1H. The SMILES string of the molecule is Cl.O=C1CC(C(=O)N2C3CCNCC2CC3)CN1c1ccc2c(c1)OCCO2. The third-order valence-corrected chi connectivity index (χ3v) is 6.22. The van der Waals surface area contributed by atoms with Gasteiger partial charge in [0, 0.05) is 43.3 Å². The second-order valence-corrected chi connectivity index (χ2v) is 7.86. The van der Waals surface area contributed by atoms with E-state index in [1.165, 1.54) is 0 Å². The van der Waals surface area contributed by atoms with Gasteiger partial charge in [-0.1, -0.05) is 0 Å². The van der Waals surface area contributed by atoms with Crippen LogP contribution < -0.4 is 19.7 Å². The molecule has 0 aromatic heterocycles. The van der Waals surface area contributed by atoms with Crippen LogP contribution in [0.1, 0.15) is 25.7 Å². The molecule has 4 heterocycles. The highest BCUT2D eigenvalue weighted by atomic mass is 35.5. The Morgan fingerprint density at radius 1 is 1.07 bits per heavy atom. The molecule has 0 radical (unpaired) electrons. The van der Waals surface area contributed by atoms with Crippen molar-refractivity contribution in [2.45, 2.75) is 37.8 Å². The molecule has 2 amide bonds. The second-order valence-electron chi connectivity index (χ2n) is 7.86. The number of nitrogens with zero attached hydrogens (tertiary/aromatic N) is 2. The van der Waals surface area contributed by atoms with Gasteiger partial charge in [0.15, 0.2) is 11.5 Å². The molecule has 3 atom stereocenters. The highest BCUT2D eigenvalue weighted by Crippen LogP contribution is 2.37. The van der Waals surface area contributed by atoms with Crippen LogP contribution in [0, 0.1) is 5.92 Å². The van der Waals surface area contributed by atoms with E-state index in [0.717, 1.165) is 38.0 Å². The number of nitrogens with one attached hydrogen (secondary N) is 1. The van der Waals surface area contributed by atoms with E-state index in [2.05, 4.69) is 10.2 Å². The maximum atomic E-state index is 13.2. The Morgan fingerprint density at radius 3 is 2.71 bits per heavy atom. The van der Waals surface area contributed by atoms with Gasteiger partial charge in [0.25, 0.3) is 0 Å². The molecule has 4 aliphatic rings. The van der Waals surface area contributed by atoms with Crippen LogP contribution in [0.25, 0.3) is 0 Å². The summed E-state index contributed by atoms with van der Waals surface area (Å²) in [5.74, 6) is 1.27. The third kappa shape index (κ3) is 3.31. The van der Waals surface area contributed by atoms with Gasteiger partial charge in [-0.2, -0.15) is 0 Å².